The SMILES string of the molecule is CC(C)(c1cc(Br)c(OCCC2CO2)c(Br)c1)c1cc(Br)c(OCC(O)CCOCC2CO2)c(Br)c1. The first-order chi connectivity index (χ1) is 17.1. The topological polar surface area (TPSA) is 73.0 Å². The maximum Gasteiger partial charge on any atom is 0.147 e. The van der Waals surface area contributed by atoms with E-state index in [2.05, 4.69) is 102 Å². The van der Waals surface area contributed by atoms with E-state index in [1.54, 1.807) is 0 Å². The van der Waals surface area contributed by atoms with E-state index in [1.807, 2.05) is 0 Å². The number of ether oxygens (including phenoxy) is 5. The van der Waals surface area contributed by atoms with E-state index in [9.17, 15) is 5.11 Å². The van der Waals surface area contributed by atoms with Gasteiger partial charge in [0.1, 0.15) is 24.2 Å². The number of rotatable bonds is 14. The standard InChI is InChI=1S/C26H30Br4O6/c1-26(2,15-7-20(27)24(21(28)8-15)33-6-4-18-13-34-18)16-9-22(29)25(23(30)10-16)36-11-17(31)3-5-32-12-19-14-35-19/h7-10,17-19,31H,3-6,11-14H2,1-2H3. The monoisotopic (exact) mass is 754 g/mol. The van der Waals surface area contributed by atoms with E-state index >= 15 is 0 Å². The van der Waals surface area contributed by atoms with E-state index in [-0.39, 0.29) is 18.1 Å². The molecule has 2 fully saturated rings. The van der Waals surface area contributed by atoms with Crippen LogP contribution < -0.4 is 9.47 Å². The van der Waals surface area contributed by atoms with Gasteiger partial charge in [0, 0.05) is 18.4 Å². The van der Waals surface area contributed by atoms with Gasteiger partial charge in [-0.1, -0.05) is 13.8 Å². The van der Waals surface area contributed by atoms with Crippen molar-refractivity contribution in [3.63, 3.8) is 0 Å². The Bertz CT molecular complexity index is 1010. The van der Waals surface area contributed by atoms with Crippen molar-refractivity contribution in [2.45, 2.75) is 50.4 Å². The maximum atomic E-state index is 10.3. The van der Waals surface area contributed by atoms with E-state index < -0.39 is 6.10 Å². The number of hydrogen-bond acceptors (Lipinski definition) is 6. The lowest BCUT2D eigenvalue weighted by atomic mass is 9.78. The second-order valence-electron chi connectivity index (χ2n) is 9.54. The van der Waals surface area contributed by atoms with Gasteiger partial charge in [-0.05, 0) is 106 Å². The van der Waals surface area contributed by atoms with Gasteiger partial charge in [0.05, 0.1) is 56.5 Å². The molecule has 0 aliphatic carbocycles. The lowest BCUT2D eigenvalue weighted by molar-refractivity contribution is 0.0501. The summed E-state index contributed by atoms with van der Waals surface area (Å²) in [6.45, 7) is 7.81. The molecular weight excluding hydrogens is 728 g/mol. The molecule has 0 bridgehead atoms. The van der Waals surface area contributed by atoms with Crippen LogP contribution in [0.3, 0.4) is 0 Å². The summed E-state index contributed by atoms with van der Waals surface area (Å²) in [7, 11) is 0. The second-order valence-corrected chi connectivity index (χ2v) is 13.0. The lowest BCUT2D eigenvalue weighted by Crippen LogP contribution is -2.21. The van der Waals surface area contributed by atoms with Crippen molar-refractivity contribution in [3.8, 4) is 11.5 Å². The molecule has 10 heteroatoms. The summed E-state index contributed by atoms with van der Waals surface area (Å²) in [6.07, 6.45) is 1.35. The van der Waals surface area contributed by atoms with E-state index in [0.717, 1.165) is 54.4 Å². The maximum absolute atomic E-state index is 10.3. The van der Waals surface area contributed by atoms with Crippen LogP contribution in [0.25, 0.3) is 0 Å². The Morgan fingerprint density at radius 2 is 1.36 bits per heavy atom. The third kappa shape index (κ3) is 7.91. The zero-order valence-corrected chi connectivity index (χ0v) is 26.5. The minimum Gasteiger partial charge on any atom is -0.491 e. The summed E-state index contributed by atoms with van der Waals surface area (Å²) >= 11 is 14.7. The van der Waals surface area contributed by atoms with Gasteiger partial charge in [-0.3, -0.25) is 0 Å². The minimum atomic E-state index is -0.618. The molecule has 2 aromatic rings. The van der Waals surface area contributed by atoms with Gasteiger partial charge in [0.25, 0.3) is 0 Å². The van der Waals surface area contributed by atoms with Crippen molar-refractivity contribution in [1.29, 1.82) is 0 Å². The van der Waals surface area contributed by atoms with Gasteiger partial charge in [-0.15, -0.1) is 0 Å². The van der Waals surface area contributed by atoms with Crippen LogP contribution in [-0.4, -0.2) is 63.1 Å². The first-order valence-corrected chi connectivity index (χ1v) is 15.1. The molecule has 0 amide bonds. The average Bonchev–Trinajstić information content (AvgIpc) is 3.73. The molecule has 6 nitrogen and oxygen atoms in total. The third-order valence-electron chi connectivity index (χ3n) is 6.25. The molecule has 2 aromatic carbocycles. The number of benzene rings is 2. The molecule has 1 N–H and O–H groups in total. The van der Waals surface area contributed by atoms with Crippen LogP contribution in [0.15, 0.2) is 42.2 Å². The number of epoxide rings is 2. The molecule has 0 saturated carbocycles. The number of aliphatic hydroxyl groups excluding tert-OH is 1. The Labute approximate surface area is 245 Å². The smallest absolute Gasteiger partial charge is 0.147 e. The summed E-state index contributed by atoms with van der Waals surface area (Å²) in [5.41, 5.74) is 1.92. The van der Waals surface area contributed by atoms with Crippen molar-refractivity contribution in [1.82, 2.24) is 0 Å². The molecule has 2 aliphatic rings. The number of halogens is 4. The van der Waals surface area contributed by atoms with Gasteiger partial charge >= 0.3 is 0 Å². The van der Waals surface area contributed by atoms with Crippen LogP contribution in [0, 0.1) is 0 Å². The Hall–Kier alpha value is -0.200. The summed E-state index contributed by atoms with van der Waals surface area (Å²) < 4.78 is 31.2. The molecule has 4 rings (SSSR count). The largest absolute Gasteiger partial charge is 0.491 e. The summed E-state index contributed by atoms with van der Waals surface area (Å²) in [5.74, 6) is 1.46. The minimum absolute atomic E-state index is 0.178. The van der Waals surface area contributed by atoms with Gasteiger partial charge in [-0.2, -0.15) is 0 Å². The second kappa shape index (κ2) is 12.8. The molecule has 2 aliphatic heterocycles. The van der Waals surface area contributed by atoms with Crippen LogP contribution >= 0.6 is 63.7 Å². The normalized spacial score (nSPS) is 19.8. The van der Waals surface area contributed by atoms with Crippen LogP contribution in [0.4, 0.5) is 0 Å². The van der Waals surface area contributed by atoms with Gasteiger partial charge < -0.3 is 28.8 Å². The van der Waals surface area contributed by atoms with E-state index in [0.29, 0.717) is 38.1 Å². The van der Waals surface area contributed by atoms with Crippen molar-refractivity contribution < 1.29 is 28.8 Å². The van der Waals surface area contributed by atoms with Crippen molar-refractivity contribution in [2.75, 3.05) is 39.6 Å². The Morgan fingerprint density at radius 1 is 0.861 bits per heavy atom. The average molecular weight is 758 g/mol. The highest BCUT2D eigenvalue weighted by Crippen LogP contribution is 2.44. The molecule has 0 spiro atoms. The van der Waals surface area contributed by atoms with Crippen LogP contribution in [0.5, 0.6) is 11.5 Å². The number of hydrogen-bond donors (Lipinski definition) is 1. The molecular formula is C26H30Br4O6. The molecule has 0 radical (unpaired) electrons. The van der Waals surface area contributed by atoms with Gasteiger partial charge in [-0.25, -0.2) is 0 Å². The van der Waals surface area contributed by atoms with Crippen molar-refractivity contribution >= 4 is 63.7 Å². The lowest BCUT2D eigenvalue weighted by Gasteiger charge is -2.28. The fourth-order valence-corrected chi connectivity index (χ4v) is 6.50. The van der Waals surface area contributed by atoms with Crippen LogP contribution in [-0.2, 0) is 19.6 Å². The summed E-state index contributed by atoms with van der Waals surface area (Å²) in [6, 6.07) is 8.33. The van der Waals surface area contributed by atoms with E-state index in [4.69, 9.17) is 23.7 Å². The zero-order valence-electron chi connectivity index (χ0n) is 20.2. The first kappa shape index (κ1) is 28.8. The molecule has 0 aromatic heterocycles. The number of aliphatic hydroxyl groups is 1. The first-order valence-electron chi connectivity index (χ1n) is 11.9. The van der Waals surface area contributed by atoms with Gasteiger partial charge in [0.2, 0.25) is 0 Å². The Morgan fingerprint density at radius 3 is 1.86 bits per heavy atom. The quantitative estimate of drug-likeness (QED) is 0.170. The molecule has 2 saturated heterocycles. The van der Waals surface area contributed by atoms with Crippen LogP contribution in [0.1, 0.15) is 37.8 Å². The zero-order chi connectivity index (χ0) is 25.9. The highest BCUT2D eigenvalue weighted by atomic mass is 79.9. The van der Waals surface area contributed by atoms with E-state index in [1.165, 1.54) is 0 Å². The highest BCUT2D eigenvalue weighted by Gasteiger charge is 2.28. The summed E-state index contributed by atoms with van der Waals surface area (Å²) in [4.78, 5) is 0. The molecule has 2 heterocycles. The fourth-order valence-electron chi connectivity index (χ4n) is 3.67. The summed E-state index contributed by atoms with van der Waals surface area (Å²) in [5, 5.41) is 10.3. The van der Waals surface area contributed by atoms with Crippen LogP contribution in [0.2, 0.25) is 0 Å². The van der Waals surface area contributed by atoms with Crippen molar-refractivity contribution in [2.24, 2.45) is 0 Å². The highest BCUT2D eigenvalue weighted by molar-refractivity contribution is 9.11. The predicted molar refractivity (Wildman–Crippen MR) is 152 cm³/mol. The van der Waals surface area contributed by atoms with Gasteiger partial charge in [0.15, 0.2) is 0 Å². The Balaban J connectivity index is 1.39. The fraction of sp³-hybridized carbons (Fsp3) is 0.538. The molecule has 3 unspecified atom stereocenters. The Kier molecular flexibility index (Phi) is 10.2. The molecule has 3 atom stereocenters. The predicted octanol–water partition coefficient (Wildman–Crippen LogP) is 6.78. The van der Waals surface area contributed by atoms with Crippen molar-refractivity contribution in [3.05, 3.63) is 53.3 Å². The third-order valence-corrected chi connectivity index (χ3v) is 8.61. The molecule has 36 heavy (non-hydrogen) atoms. The molecule has 198 valence electrons.